The first-order valence-electron chi connectivity index (χ1n) is 11.9. The van der Waals surface area contributed by atoms with Gasteiger partial charge in [0, 0.05) is 22.0 Å². The summed E-state index contributed by atoms with van der Waals surface area (Å²) in [5, 5.41) is 14.2. The number of nitrogens with zero attached hydrogens (tertiary/aromatic N) is 1. The summed E-state index contributed by atoms with van der Waals surface area (Å²) in [5.74, 6) is -0.541. The van der Waals surface area contributed by atoms with Crippen molar-refractivity contribution in [2.75, 3.05) is 13.7 Å². The highest BCUT2D eigenvalue weighted by Gasteiger charge is 2.47. The fraction of sp³-hybridized carbons (Fsp3) is 0.310. The highest BCUT2D eigenvalue weighted by atomic mass is 35.5. The molecule has 0 aliphatic carbocycles. The van der Waals surface area contributed by atoms with Gasteiger partial charge in [0.2, 0.25) is 0 Å². The highest BCUT2D eigenvalue weighted by Crippen LogP contribution is 2.43. The smallest absolute Gasteiger partial charge is 0.295 e. The molecule has 2 aromatic carbocycles. The SMILES string of the molecule is COc1cc(C)c(/C(O)=C2\C(=O)C(=O)N(CCc3ccc(Cl)cc3)C2c2sccc2C)cc1C(C)C. The van der Waals surface area contributed by atoms with Crippen LogP contribution in [0.4, 0.5) is 0 Å². The molecule has 1 aliphatic heterocycles. The van der Waals surface area contributed by atoms with Crippen molar-refractivity contribution in [2.45, 2.75) is 46.1 Å². The Kier molecular flexibility index (Phi) is 7.57. The van der Waals surface area contributed by atoms with E-state index in [-0.39, 0.29) is 17.3 Å². The van der Waals surface area contributed by atoms with Crippen LogP contribution >= 0.6 is 22.9 Å². The molecule has 0 spiro atoms. The number of carbonyl (C=O) groups is 2. The average Bonchev–Trinajstić information content (AvgIpc) is 3.38. The van der Waals surface area contributed by atoms with Gasteiger partial charge in [-0.2, -0.15) is 0 Å². The van der Waals surface area contributed by atoms with Crippen LogP contribution in [-0.2, 0) is 16.0 Å². The van der Waals surface area contributed by atoms with Gasteiger partial charge in [0.15, 0.2) is 0 Å². The molecule has 2 heterocycles. The molecule has 36 heavy (non-hydrogen) atoms. The molecule has 4 rings (SSSR count). The van der Waals surface area contributed by atoms with Crippen molar-refractivity contribution in [3.63, 3.8) is 0 Å². The number of aliphatic hydroxyl groups excluding tert-OH is 1. The van der Waals surface area contributed by atoms with Gasteiger partial charge in [-0.1, -0.05) is 37.6 Å². The van der Waals surface area contributed by atoms with Gasteiger partial charge in [0.05, 0.1) is 18.7 Å². The average molecular weight is 524 g/mol. The van der Waals surface area contributed by atoms with Crippen molar-refractivity contribution >= 4 is 40.4 Å². The minimum atomic E-state index is -0.664. The number of benzene rings is 2. The number of thiophene rings is 1. The van der Waals surface area contributed by atoms with Crippen LogP contribution in [0, 0.1) is 13.8 Å². The quantitative estimate of drug-likeness (QED) is 0.210. The minimum Gasteiger partial charge on any atom is -0.507 e. The van der Waals surface area contributed by atoms with Crippen LogP contribution in [0.5, 0.6) is 5.75 Å². The highest BCUT2D eigenvalue weighted by molar-refractivity contribution is 7.10. The third-order valence-corrected chi connectivity index (χ3v) is 8.02. The lowest BCUT2D eigenvalue weighted by atomic mass is 9.92. The summed E-state index contributed by atoms with van der Waals surface area (Å²) in [6.45, 7) is 8.25. The van der Waals surface area contributed by atoms with Crippen molar-refractivity contribution in [3.05, 3.63) is 91.1 Å². The molecule has 1 atom stereocenters. The van der Waals surface area contributed by atoms with Gasteiger partial charge in [0.25, 0.3) is 11.7 Å². The molecule has 1 unspecified atom stereocenters. The van der Waals surface area contributed by atoms with Gasteiger partial charge in [-0.05, 0) is 84.2 Å². The van der Waals surface area contributed by atoms with E-state index in [0.717, 1.165) is 32.9 Å². The number of carbonyl (C=O) groups excluding carboxylic acids is 2. The lowest BCUT2D eigenvalue weighted by Gasteiger charge is -2.25. The molecule has 7 heteroatoms. The molecule has 188 valence electrons. The van der Waals surface area contributed by atoms with E-state index >= 15 is 0 Å². The molecular weight excluding hydrogens is 494 g/mol. The summed E-state index contributed by atoms with van der Waals surface area (Å²) in [4.78, 5) is 29.2. The number of ether oxygens (including phenoxy) is 1. The number of ketones is 1. The third kappa shape index (κ3) is 4.80. The standard InChI is InChI=1S/C29H30ClNO4S/c1-16(2)21-15-22(18(4)14-23(21)35-5)26(32)24-25(28-17(3)11-13-36-28)31(29(34)27(24)33)12-10-19-6-8-20(30)9-7-19/h6-9,11,13-16,25,32H,10,12H2,1-5H3/b26-24+. The van der Waals surface area contributed by atoms with Gasteiger partial charge in [0.1, 0.15) is 11.5 Å². The summed E-state index contributed by atoms with van der Waals surface area (Å²) in [6.07, 6.45) is 0.560. The van der Waals surface area contributed by atoms with Crippen LogP contribution in [0.25, 0.3) is 5.76 Å². The first kappa shape index (κ1) is 26.0. The number of likely N-dealkylation sites (tertiary alicyclic amines) is 1. The maximum absolute atomic E-state index is 13.4. The molecular formula is C29H30ClNO4S. The van der Waals surface area contributed by atoms with Crippen molar-refractivity contribution in [1.29, 1.82) is 0 Å². The first-order chi connectivity index (χ1) is 17.1. The van der Waals surface area contributed by atoms with Gasteiger partial charge in [-0.3, -0.25) is 9.59 Å². The molecule has 3 aromatic rings. The number of Topliss-reactive ketones (excluding diaryl/α,β-unsaturated/α-hetero) is 1. The fourth-order valence-corrected chi connectivity index (χ4v) is 5.85. The fourth-order valence-electron chi connectivity index (χ4n) is 4.67. The second-order valence-electron chi connectivity index (χ2n) is 9.40. The van der Waals surface area contributed by atoms with Crippen LogP contribution < -0.4 is 4.74 Å². The Labute approximate surface area is 221 Å². The van der Waals surface area contributed by atoms with Gasteiger partial charge >= 0.3 is 0 Å². The van der Waals surface area contributed by atoms with E-state index in [9.17, 15) is 14.7 Å². The number of hydrogen-bond acceptors (Lipinski definition) is 5. The lowest BCUT2D eigenvalue weighted by molar-refractivity contribution is -0.139. The maximum Gasteiger partial charge on any atom is 0.295 e. The third-order valence-electron chi connectivity index (χ3n) is 6.70. The largest absolute Gasteiger partial charge is 0.507 e. The summed E-state index contributed by atoms with van der Waals surface area (Å²) in [5.41, 5.74) is 4.34. The zero-order valence-electron chi connectivity index (χ0n) is 21.1. The second kappa shape index (κ2) is 10.5. The first-order valence-corrected chi connectivity index (χ1v) is 13.2. The van der Waals surface area contributed by atoms with E-state index in [1.54, 1.807) is 12.0 Å². The molecule has 1 saturated heterocycles. The Balaban J connectivity index is 1.83. The number of aliphatic hydroxyl groups is 1. The van der Waals surface area contributed by atoms with E-state index in [1.165, 1.54) is 11.3 Å². The van der Waals surface area contributed by atoms with Crippen LogP contribution in [0.15, 0.2) is 53.4 Å². The van der Waals surface area contributed by atoms with E-state index < -0.39 is 17.7 Å². The molecule has 0 saturated carbocycles. The predicted molar refractivity (Wildman–Crippen MR) is 145 cm³/mol. The van der Waals surface area contributed by atoms with Crippen molar-refractivity contribution in [3.8, 4) is 5.75 Å². The zero-order valence-corrected chi connectivity index (χ0v) is 22.7. The van der Waals surface area contributed by atoms with Crippen LogP contribution in [-0.4, -0.2) is 35.4 Å². The van der Waals surface area contributed by atoms with E-state index in [4.69, 9.17) is 16.3 Å². The number of rotatable bonds is 7. The Morgan fingerprint density at radius 2 is 1.81 bits per heavy atom. The number of halogens is 1. The summed E-state index contributed by atoms with van der Waals surface area (Å²) in [6, 6.07) is 12.5. The predicted octanol–water partition coefficient (Wildman–Crippen LogP) is 6.81. The van der Waals surface area contributed by atoms with Gasteiger partial charge < -0.3 is 14.7 Å². The van der Waals surface area contributed by atoms with Gasteiger partial charge in [-0.15, -0.1) is 11.3 Å². The molecule has 1 N–H and O–H groups in total. The monoisotopic (exact) mass is 523 g/mol. The van der Waals surface area contributed by atoms with Gasteiger partial charge in [-0.25, -0.2) is 0 Å². The van der Waals surface area contributed by atoms with Crippen LogP contribution in [0.2, 0.25) is 5.02 Å². The van der Waals surface area contributed by atoms with Crippen molar-refractivity contribution in [1.82, 2.24) is 4.90 Å². The Hall–Kier alpha value is -3.09. The Bertz CT molecular complexity index is 1340. The molecule has 0 radical (unpaired) electrons. The maximum atomic E-state index is 13.4. The number of amides is 1. The number of hydrogen-bond donors (Lipinski definition) is 1. The van der Waals surface area contributed by atoms with Crippen LogP contribution in [0.3, 0.4) is 0 Å². The zero-order chi connectivity index (χ0) is 26.1. The topological polar surface area (TPSA) is 66.8 Å². The summed E-state index contributed by atoms with van der Waals surface area (Å²) >= 11 is 7.50. The second-order valence-corrected chi connectivity index (χ2v) is 10.8. The molecule has 1 aromatic heterocycles. The lowest BCUT2D eigenvalue weighted by Crippen LogP contribution is -2.31. The summed E-state index contributed by atoms with van der Waals surface area (Å²) < 4.78 is 5.55. The Morgan fingerprint density at radius 3 is 2.39 bits per heavy atom. The molecule has 1 aliphatic rings. The van der Waals surface area contributed by atoms with E-state index in [0.29, 0.717) is 23.6 Å². The van der Waals surface area contributed by atoms with Crippen molar-refractivity contribution < 1.29 is 19.4 Å². The van der Waals surface area contributed by atoms with Crippen LogP contribution in [0.1, 0.15) is 58.5 Å². The molecule has 5 nitrogen and oxygen atoms in total. The number of aryl methyl sites for hydroxylation is 2. The normalized spacial score (nSPS) is 17.3. The summed E-state index contributed by atoms with van der Waals surface area (Å²) in [7, 11) is 1.62. The van der Waals surface area contributed by atoms with E-state index in [1.807, 2.05) is 75.5 Å². The Morgan fingerprint density at radius 1 is 1.11 bits per heavy atom. The molecule has 0 bridgehead atoms. The minimum absolute atomic E-state index is 0.129. The van der Waals surface area contributed by atoms with Crippen molar-refractivity contribution in [2.24, 2.45) is 0 Å². The molecule has 1 fully saturated rings. The molecule has 1 amide bonds. The van der Waals surface area contributed by atoms with E-state index in [2.05, 4.69) is 0 Å². The number of methoxy groups -OCH3 is 1.